The smallest absolute Gasteiger partial charge is 0.311 e. The third-order valence-electron chi connectivity index (χ3n) is 3.66. The van der Waals surface area contributed by atoms with Crippen molar-refractivity contribution in [3.63, 3.8) is 0 Å². The lowest BCUT2D eigenvalue weighted by Crippen LogP contribution is -2.44. The Morgan fingerprint density at radius 3 is 2.75 bits per heavy atom. The van der Waals surface area contributed by atoms with Crippen molar-refractivity contribution in [2.24, 2.45) is 5.41 Å². The lowest BCUT2D eigenvalue weighted by Gasteiger charge is -2.22. The fourth-order valence-corrected chi connectivity index (χ4v) is 2.44. The van der Waals surface area contributed by atoms with Crippen molar-refractivity contribution < 1.29 is 14.7 Å². The van der Waals surface area contributed by atoms with Gasteiger partial charge < -0.3 is 15.3 Å². The van der Waals surface area contributed by atoms with E-state index in [2.05, 4.69) is 5.32 Å². The highest BCUT2D eigenvalue weighted by atomic mass is 16.4. The Morgan fingerprint density at radius 1 is 1.50 bits per heavy atom. The van der Waals surface area contributed by atoms with Crippen LogP contribution in [0.3, 0.4) is 0 Å². The van der Waals surface area contributed by atoms with Gasteiger partial charge in [-0.05, 0) is 32.7 Å². The van der Waals surface area contributed by atoms with Gasteiger partial charge in [-0.1, -0.05) is 0 Å². The lowest BCUT2D eigenvalue weighted by molar-refractivity contribution is -0.147. The van der Waals surface area contributed by atoms with E-state index in [9.17, 15) is 9.59 Å². The van der Waals surface area contributed by atoms with Crippen LogP contribution in [0.2, 0.25) is 0 Å². The summed E-state index contributed by atoms with van der Waals surface area (Å²) in [6, 6.07) is -0.0869. The van der Waals surface area contributed by atoms with E-state index in [4.69, 9.17) is 5.11 Å². The van der Waals surface area contributed by atoms with E-state index in [1.807, 2.05) is 0 Å². The molecule has 2 fully saturated rings. The van der Waals surface area contributed by atoms with Gasteiger partial charge in [-0.15, -0.1) is 0 Å². The first kappa shape index (κ1) is 11.4. The molecule has 1 unspecified atom stereocenters. The molecule has 5 heteroatoms. The Bertz CT molecular complexity index is 312. The summed E-state index contributed by atoms with van der Waals surface area (Å²) in [6.45, 7) is 3.52. The third kappa shape index (κ3) is 1.91. The summed E-state index contributed by atoms with van der Waals surface area (Å²) >= 11 is 0. The van der Waals surface area contributed by atoms with Crippen LogP contribution in [0, 0.1) is 5.41 Å². The molecule has 16 heavy (non-hydrogen) atoms. The van der Waals surface area contributed by atoms with Crippen molar-refractivity contribution in [1.29, 1.82) is 0 Å². The number of hydrogen-bond donors (Lipinski definition) is 2. The zero-order valence-electron chi connectivity index (χ0n) is 9.53. The highest BCUT2D eigenvalue weighted by Gasteiger charge is 2.43. The average Bonchev–Trinajstić information content (AvgIpc) is 2.85. The maximum atomic E-state index is 12.0. The maximum Gasteiger partial charge on any atom is 0.311 e. The molecule has 0 aromatic carbocycles. The molecule has 5 nitrogen and oxygen atoms in total. The van der Waals surface area contributed by atoms with Gasteiger partial charge in [0.15, 0.2) is 0 Å². The van der Waals surface area contributed by atoms with E-state index in [0.717, 1.165) is 19.4 Å². The SMILES string of the molecule is CC1(C(=O)O)CCN(C(=O)[C@@H]2CCCN2)C1. The Labute approximate surface area is 94.8 Å². The van der Waals surface area contributed by atoms with Crippen LogP contribution in [0.25, 0.3) is 0 Å². The van der Waals surface area contributed by atoms with Gasteiger partial charge in [0.25, 0.3) is 0 Å². The number of carbonyl (C=O) groups is 2. The molecule has 2 aliphatic rings. The second kappa shape index (κ2) is 4.05. The molecule has 2 atom stereocenters. The van der Waals surface area contributed by atoms with Gasteiger partial charge in [0, 0.05) is 13.1 Å². The van der Waals surface area contributed by atoms with E-state index in [1.165, 1.54) is 0 Å². The summed E-state index contributed by atoms with van der Waals surface area (Å²) in [4.78, 5) is 24.8. The van der Waals surface area contributed by atoms with E-state index in [-0.39, 0.29) is 11.9 Å². The van der Waals surface area contributed by atoms with Crippen LogP contribution in [-0.4, -0.2) is 47.6 Å². The molecule has 0 aromatic rings. The number of rotatable bonds is 2. The van der Waals surface area contributed by atoms with Gasteiger partial charge in [-0.3, -0.25) is 9.59 Å². The molecule has 0 radical (unpaired) electrons. The van der Waals surface area contributed by atoms with Gasteiger partial charge in [0.2, 0.25) is 5.91 Å². The number of aliphatic carboxylic acids is 1. The predicted molar refractivity (Wildman–Crippen MR) is 58.0 cm³/mol. The van der Waals surface area contributed by atoms with Crippen molar-refractivity contribution in [3.8, 4) is 0 Å². The monoisotopic (exact) mass is 226 g/mol. The van der Waals surface area contributed by atoms with Crippen LogP contribution in [0.15, 0.2) is 0 Å². The fourth-order valence-electron chi connectivity index (χ4n) is 2.44. The van der Waals surface area contributed by atoms with Gasteiger partial charge in [-0.2, -0.15) is 0 Å². The van der Waals surface area contributed by atoms with Crippen LogP contribution >= 0.6 is 0 Å². The number of hydrogen-bond acceptors (Lipinski definition) is 3. The normalized spacial score (nSPS) is 34.3. The van der Waals surface area contributed by atoms with E-state index >= 15 is 0 Å². The summed E-state index contributed by atoms with van der Waals surface area (Å²) in [5, 5.41) is 12.2. The van der Waals surface area contributed by atoms with Crippen LogP contribution in [0.5, 0.6) is 0 Å². The number of nitrogens with zero attached hydrogens (tertiary/aromatic N) is 1. The average molecular weight is 226 g/mol. The Morgan fingerprint density at radius 2 is 2.25 bits per heavy atom. The van der Waals surface area contributed by atoms with E-state index < -0.39 is 11.4 Å². The van der Waals surface area contributed by atoms with Crippen molar-refractivity contribution in [3.05, 3.63) is 0 Å². The molecule has 0 saturated carbocycles. The molecule has 2 N–H and O–H groups in total. The molecule has 2 aliphatic heterocycles. The lowest BCUT2D eigenvalue weighted by atomic mass is 9.90. The number of nitrogens with one attached hydrogen (secondary N) is 1. The largest absolute Gasteiger partial charge is 0.481 e. The maximum absolute atomic E-state index is 12.0. The molecule has 2 saturated heterocycles. The Hall–Kier alpha value is -1.10. The highest BCUT2D eigenvalue weighted by molar-refractivity contribution is 5.84. The fraction of sp³-hybridized carbons (Fsp3) is 0.818. The highest BCUT2D eigenvalue weighted by Crippen LogP contribution is 2.30. The zero-order chi connectivity index (χ0) is 11.8. The van der Waals surface area contributed by atoms with Crippen LogP contribution < -0.4 is 5.32 Å². The van der Waals surface area contributed by atoms with E-state index in [1.54, 1.807) is 11.8 Å². The molecule has 2 heterocycles. The predicted octanol–water partition coefficient (Wildman–Crippen LogP) is 0.0616. The van der Waals surface area contributed by atoms with Gasteiger partial charge in [0.05, 0.1) is 11.5 Å². The minimum Gasteiger partial charge on any atom is -0.481 e. The minimum absolute atomic E-state index is 0.0717. The summed E-state index contributed by atoms with van der Waals surface area (Å²) in [5.74, 6) is -0.732. The van der Waals surface area contributed by atoms with Gasteiger partial charge >= 0.3 is 5.97 Å². The van der Waals surface area contributed by atoms with Crippen LogP contribution in [-0.2, 0) is 9.59 Å². The first-order valence-corrected chi connectivity index (χ1v) is 5.78. The first-order valence-electron chi connectivity index (χ1n) is 5.78. The van der Waals surface area contributed by atoms with Gasteiger partial charge in [0.1, 0.15) is 0 Å². The summed E-state index contributed by atoms with van der Waals surface area (Å²) in [7, 11) is 0. The standard InChI is InChI=1S/C11H18N2O3/c1-11(10(15)16)4-6-13(7-11)9(14)8-3-2-5-12-8/h8,12H,2-7H2,1H3,(H,15,16)/t8-,11?/m0/s1. The molecular formula is C11H18N2O3. The number of carboxylic acids is 1. The summed E-state index contributed by atoms with van der Waals surface area (Å²) < 4.78 is 0. The Balaban J connectivity index is 1.97. The minimum atomic E-state index is -0.804. The second-order valence-corrected chi connectivity index (χ2v) is 5.02. The molecular weight excluding hydrogens is 208 g/mol. The molecule has 90 valence electrons. The quantitative estimate of drug-likeness (QED) is 0.698. The summed E-state index contributed by atoms with van der Waals surface area (Å²) in [6.07, 6.45) is 2.46. The molecule has 0 aromatic heterocycles. The van der Waals surface area contributed by atoms with Crippen LogP contribution in [0.1, 0.15) is 26.2 Å². The molecule has 2 rings (SSSR count). The molecule has 0 aliphatic carbocycles. The molecule has 1 amide bonds. The van der Waals surface area contributed by atoms with Crippen molar-refractivity contribution in [2.75, 3.05) is 19.6 Å². The van der Waals surface area contributed by atoms with Crippen molar-refractivity contribution in [2.45, 2.75) is 32.2 Å². The number of amides is 1. The first-order chi connectivity index (χ1) is 7.53. The van der Waals surface area contributed by atoms with Crippen molar-refractivity contribution >= 4 is 11.9 Å². The topological polar surface area (TPSA) is 69.6 Å². The van der Waals surface area contributed by atoms with Gasteiger partial charge in [-0.25, -0.2) is 0 Å². The van der Waals surface area contributed by atoms with E-state index in [0.29, 0.717) is 19.5 Å². The summed E-state index contributed by atoms with van der Waals surface area (Å²) in [5.41, 5.74) is -0.756. The number of carbonyl (C=O) groups excluding carboxylic acids is 1. The second-order valence-electron chi connectivity index (χ2n) is 5.02. The number of carboxylic acid groups (broad SMARTS) is 1. The number of likely N-dealkylation sites (tertiary alicyclic amines) is 1. The zero-order valence-corrected chi connectivity index (χ0v) is 9.53. The third-order valence-corrected chi connectivity index (χ3v) is 3.66. The molecule has 0 bridgehead atoms. The molecule has 0 spiro atoms. The Kier molecular flexibility index (Phi) is 2.88. The van der Waals surface area contributed by atoms with Crippen LogP contribution in [0.4, 0.5) is 0 Å². The van der Waals surface area contributed by atoms with Crippen molar-refractivity contribution in [1.82, 2.24) is 10.2 Å².